The molecule has 1 aromatic carbocycles. The molecule has 2 aromatic rings. The van der Waals surface area contributed by atoms with Crippen molar-refractivity contribution in [1.29, 1.82) is 0 Å². The fourth-order valence-electron chi connectivity index (χ4n) is 2.08. The van der Waals surface area contributed by atoms with E-state index in [9.17, 15) is 13.5 Å². The van der Waals surface area contributed by atoms with E-state index >= 15 is 0 Å². The van der Waals surface area contributed by atoms with Gasteiger partial charge in [0.25, 0.3) is 0 Å². The topological polar surface area (TPSA) is 70.5 Å². The summed E-state index contributed by atoms with van der Waals surface area (Å²) in [5, 5.41) is 11.2. The molecule has 108 valence electrons. The van der Waals surface area contributed by atoms with E-state index in [-0.39, 0.29) is 12.4 Å². The van der Waals surface area contributed by atoms with Crippen LogP contribution in [0.4, 0.5) is 5.82 Å². The van der Waals surface area contributed by atoms with Gasteiger partial charge in [0, 0.05) is 37.0 Å². The van der Waals surface area contributed by atoms with Crippen molar-refractivity contribution in [2.75, 3.05) is 30.5 Å². The van der Waals surface area contributed by atoms with Crippen molar-refractivity contribution in [3.05, 3.63) is 36.0 Å². The second kappa shape index (κ2) is 5.76. The number of aliphatic hydroxyl groups excluding tert-OH is 1. The van der Waals surface area contributed by atoms with Gasteiger partial charge in [-0.1, -0.05) is 24.3 Å². The number of aromatic nitrogens is 1. The van der Waals surface area contributed by atoms with Gasteiger partial charge in [0.1, 0.15) is 15.7 Å². The number of sulfone groups is 1. The van der Waals surface area contributed by atoms with Gasteiger partial charge in [0.05, 0.1) is 12.4 Å². The monoisotopic (exact) mass is 294 g/mol. The Balaban J connectivity index is 2.40. The Hall–Kier alpha value is -1.66. The standard InChI is InChI=1S/C14H18N2O3S/c1-16(7-8-20(2,18)19)14-13-6-4-3-5-12(13)11(10-17)9-15-14/h3-6,9,17H,7-8,10H2,1-2H3. The van der Waals surface area contributed by atoms with Gasteiger partial charge in [0.2, 0.25) is 0 Å². The van der Waals surface area contributed by atoms with Crippen LogP contribution in [-0.2, 0) is 16.4 Å². The normalized spacial score (nSPS) is 11.8. The van der Waals surface area contributed by atoms with Crippen molar-refractivity contribution < 1.29 is 13.5 Å². The van der Waals surface area contributed by atoms with Gasteiger partial charge in [0.15, 0.2) is 0 Å². The first-order valence-corrected chi connectivity index (χ1v) is 8.35. The van der Waals surface area contributed by atoms with Gasteiger partial charge in [-0.05, 0) is 5.39 Å². The van der Waals surface area contributed by atoms with Crippen LogP contribution in [0.2, 0.25) is 0 Å². The molecule has 6 heteroatoms. The fourth-order valence-corrected chi connectivity index (χ4v) is 2.68. The van der Waals surface area contributed by atoms with Crippen LogP contribution in [0.1, 0.15) is 5.56 Å². The highest BCUT2D eigenvalue weighted by Crippen LogP contribution is 2.26. The number of anilines is 1. The number of aliphatic hydroxyl groups is 1. The number of pyridine rings is 1. The van der Waals surface area contributed by atoms with E-state index in [4.69, 9.17) is 0 Å². The molecule has 1 N–H and O–H groups in total. The van der Waals surface area contributed by atoms with Crippen LogP contribution in [0.15, 0.2) is 30.5 Å². The Labute approximate surface area is 118 Å². The van der Waals surface area contributed by atoms with Crippen molar-refractivity contribution >= 4 is 26.4 Å². The lowest BCUT2D eigenvalue weighted by molar-refractivity contribution is 0.283. The van der Waals surface area contributed by atoms with E-state index in [0.29, 0.717) is 6.54 Å². The van der Waals surface area contributed by atoms with Crippen LogP contribution in [0.3, 0.4) is 0 Å². The summed E-state index contributed by atoms with van der Waals surface area (Å²) in [6.07, 6.45) is 2.86. The number of rotatable bonds is 5. The quantitative estimate of drug-likeness (QED) is 0.897. The summed E-state index contributed by atoms with van der Waals surface area (Å²) in [6.45, 7) is 0.315. The first kappa shape index (κ1) is 14.7. The molecule has 0 spiro atoms. The maximum absolute atomic E-state index is 11.3. The average molecular weight is 294 g/mol. The summed E-state index contributed by atoms with van der Waals surface area (Å²) in [6, 6.07) is 7.66. The number of benzene rings is 1. The predicted octanol–water partition coefficient (Wildman–Crippen LogP) is 1.21. The fraction of sp³-hybridized carbons (Fsp3) is 0.357. The Morgan fingerprint density at radius 1 is 1.25 bits per heavy atom. The Bertz CT molecular complexity index is 713. The highest BCUT2D eigenvalue weighted by Gasteiger charge is 2.12. The van der Waals surface area contributed by atoms with Gasteiger partial charge >= 0.3 is 0 Å². The third-order valence-corrected chi connectivity index (χ3v) is 4.11. The largest absolute Gasteiger partial charge is 0.392 e. The minimum Gasteiger partial charge on any atom is -0.392 e. The first-order chi connectivity index (χ1) is 9.42. The van der Waals surface area contributed by atoms with E-state index in [2.05, 4.69) is 4.98 Å². The predicted molar refractivity (Wildman–Crippen MR) is 80.6 cm³/mol. The van der Waals surface area contributed by atoms with Crippen LogP contribution >= 0.6 is 0 Å². The molecule has 2 rings (SSSR count). The van der Waals surface area contributed by atoms with Gasteiger partial charge in [-0.25, -0.2) is 13.4 Å². The Kier molecular flexibility index (Phi) is 4.25. The molecular formula is C14H18N2O3S. The molecule has 1 aromatic heterocycles. The van der Waals surface area contributed by atoms with E-state index < -0.39 is 9.84 Å². The number of fused-ring (bicyclic) bond motifs is 1. The van der Waals surface area contributed by atoms with Crippen LogP contribution in [0, 0.1) is 0 Å². The molecule has 0 radical (unpaired) electrons. The summed E-state index contributed by atoms with van der Waals surface area (Å²) in [4.78, 5) is 6.17. The van der Waals surface area contributed by atoms with Crippen LogP contribution in [0.5, 0.6) is 0 Å². The van der Waals surface area contributed by atoms with E-state index in [1.807, 2.05) is 36.2 Å². The highest BCUT2D eigenvalue weighted by molar-refractivity contribution is 7.90. The van der Waals surface area contributed by atoms with Crippen LogP contribution < -0.4 is 4.90 Å². The minimum absolute atomic E-state index is 0.0686. The zero-order valence-electron chi connectivity index (χ0n) is 11.6. The minimum atomic E-state index is -3.00. The number of hydrogen-bond acceptors (Lipinski definition) is 5. The molecule has 0 saturated heterocycles. The average Bonchev–Trinajstić information content (AvgIpc) is 2.42. The molecule has 0 aliphatic carbocycles. The summed E-state index contributed by atoms with van der Waals surface area (Å²) < 4.78 is 22.5. The molecule has 0 aliphatic heterocycles. The van der Waals surface area contributed by atoms with Crippen LogP contribution in [0.25, 0.3) is 10.8 Å². The van der Waals surface area contributed by atoms with Crippen molar-refractivity contribution in [1.82, 2.24) is 4.98 Å². The van der Waals surface area contributed by atoms with Gasteiger partial charge in [-0.3, -0.25) is 0 Å². The second-order valence-electron chi connectivity index (χ2n) is 4.86. The zero-order chi connectivity index (χ0) is 14.8. The number of hydrogen-bond donors (Lipinski definition) is 1. The molecule has 1 heterocycles. The van der Waals surface area contributed by atoms with Crippen molar-refractivity contribution in [3.8, 4) is 0 Å². The van der Waals surface area contributed by atoms with Crippen molar-refractivity contribution in [3.63, 3.8) is 0 Å². The lowest BCUT2D eigenvalue weighted by Gasteiger charge is -2.20. The van der Waals surface area contributed by atoms with Gasteiger partial charge < -0.3 is 10.0 Å². The smallest absolute Gasteiger partial charge is 0.149 e. The molecule has 0 unspecified atom stereocenters. The maximum Gasteiger partial charge on any atom is 0.149 e. The molecule has 0 aliphatic rings. The Morgan fingerprint density at radius 2 is 1.90 bits per heavy atom. The van der Waals surface area contributed by atoms with Crippen molar-refractivity contribution in [2.24, 2.45) is 0 Å². The third kappa shape index (κ3) is 3.26. The van der Waals surface area contributed by atoms with Gasteiger partial charge in [-0.2, -0.15) is 0 Å². The molecular weight excluding hydrogens is 276 g/mol. The van der Waals surface area contributed by atoms with Crippen molar-refractivity contribution in [2.45, 2.75) is 6.61 Å². The lowest BCUT2D eigenvalue weighted by Crippen LogP contribution is -2.25. The summed E-state index contributed by atoms with van der Waals surface area (Å²) in [5.74, 6) is 0.808. The van der Waals surface area contributed by atoms with E-state index in [1.54, 1.807) is 6.20 Å². The summed E-state index contributed by atoms with van der Waals surface area (Å²) in [5.41, 5.74) is 0.765. The molecule has 20 heavy (non-hydrogen) atoms. The van der Waals surface area contributed by atoms with Gasteiger partial charge in [-0.15, -0.1) is 0 Å². The van der Waals surface area contributed by atoms with E-state index in [0.717, 1.165) is 22.2 Å². The third-order valence-electron chi connectivity index (χ3n) is 3.19. The van der Waals surface area contributed by atoms with E-state index in [1.165, 1.54) is 6.26 Å². The molecule has 0 amide bonds. The highest BCUT2D eigenvalue weighted by atomic mass is 32.2. The second-order valence-corrected chi connectivity index (χ2v) is 7.12. The SMILES string of the molecule is CN(CCS(C)(=O)=O)c1ncc(CO)c2ccccc12. The summed E-state index contributed by atoms with van der Waals surface area (Å²) >= 11 is 0. The summed E-state index contributed by atoms with van der Waals surface area (Å²) in [7, 11) is -1.18. The lowest BCUT2D eigenvalue weighted by atomic mass is 10.1. The maximum atomic E-state index is 11.3. The molecule has 0 fully saturated rings. The molecule has 0 saturated carbocycles. The molecule has 0 atom stereocenters. The molecule has 5 nitrogen and oxygen atoms in total. The molecule has 0 bridgehead atoms. The van der Waals surface area contributed by atoms with Crippen LogP contribution in [-0.4, -0.2) is 44.1 Å². The zero-order valence-corrected chi connectivity index (χ0v) is 12.4. The number of nitrogens with zero attached hydrogens (tertiary/aromatic N) is 2. The first-order valence-electron chi connectivity index (χ1n) is 6.28. The Morgan fingerprint density at radius 3 is 2.50 bits per heavy atom.